The van der Waals surface area contributed by atoms with Crippen molar-refractivity contribution >= 4 is 126 Å². The molecule has 4 aromatic heterocycles. The molecule has 8 aromatic carbocycles. The summed E-state index contributed by atoms with van der Waals surface area (Å²) in [4.78, 5) is 2.64. The fourth-order valence-corrected chi connectivity index (χ4v) is 12.2. The number of anilines is 2. The largest absolute Gasteiger partial charge is 0.456 e. The van der Waals surface area contributed by atoms with Gasteiger partial charge in [-0.15, -0.1) is 11.3 Å². The Morgan fingerprint density at radius 1 is 0.500 bits per heavy atom. The SMILES string of the molecule is CC(C)(C)c1ccc(N2B3c4cc5oc6ccccc6c5cc4-n4c5ccc6c7ccccc7oc6c5c5ccc(c3c54)-c3cc4c(cc32)sc2cc(C(C)(C)C)ccc24)cc1. The summed E-state index contributed by atoms with van der Waals surface area (Å²) in [6.45, 7) is 13.6. The van der Waals surface area contributed by atoms with Crippen LogP contribution in [0.1, 0.15) is 52.7 Å². The summed E-state index contributed by atoms with van der Waals surface area (Å²) in [6.07, 6.45) is 0. The van der Waals surface area contributed by atoms with E-state index >= 15 is 0 Å². The van der Waals surface area contributed by atoms with Crippen LogP contribution in [0, 0.1) is 0 Å². The summed E-state index contributed by atoms with van der Waals surface area (Å²) in [7, 11) is 0. The van der Waals surface area contributed by atoms with Gasteiger partial charge in [0, 0.05) is 69.7 Å². The molecule has 4 nitrogen and oxygen atoms in total. The Morgan fingerprint density at radius 2 is 1.18 bits per heavy atom. The molecule has 6 heteroatoms. The molecule has 0 fully saturated rings. The Bertz CT molecular complexity index is 3960. The van der Waals surface area contributed by atoms with Crippen LogP contribution in [0.3, 0.4) is 0 Å². The van der Waals surface area contributed by atoms with Crippen molar-refractivity contribution in [3.05, 3.63) is 151 Å². The van der Waals surface area contributed by atoms with Gasteiger partial charge in [-0.25, -0.2) is 0 Å². The minimum Gasteiger partial charge on any atom is -0.456 e. The minimum absolute atomic E-state index is 0.0273. The molecule has 296 valence electrons. The van der Waals surface area contributed by atoms with Gasteiger partial charge < -0.3 is 18.2 Å². The van der Waals surface area contributed by atoms with Gasteiger partial charge >= 0.3 is 6.85 Å². The van der Waals surface area contributed by atoms with Gasteiger partial charge in [0.2, 0.25) is 0 Å². The normalized spacial score (nSPS) is 13.9. The average molecular weight is 817 g/mol. The highest BCUT2D eigenvalue weighted by atomic mass is 32.1. The van der Waals surface area contributed by atoms with Crippen LogP contribution in [-0.2, 0) is 10.8 Å². The van der Waals surface area contributed by atoms with Crippen molar-refractivity contribution in [2.45, 2.75) is 52.4 Å². The van der Waals surface area contributed by atoms with Crippen LogP contribution in [-0.4, -0.2) is 11.4 Å². The summed E-state index contributed by atoms with van der Waals surface area (Å²) < 4.78 is 18.8. The smallest absolute Gasteiger partial charge is 0.333 e. The molecule has 12 aromatic rings. The van der Waals surface area contributed by atoms with E-state index in [1.165, 1.54) is 81.3 Å². The quantitative estimate of drug-likeness (QED) is 0.155. The Balaban J connectivity index is 1.16. The Hall–Kier alpha value is -6.76. The van der Waals surface area contributed by atoms with Crippen LogP contribution in [0.2, 0.25) is 0 Å². The fraction of sp³-hybridized carbons (Fsp3) is 0.143. The first-order valence-electron chi connectivity index (χ1n) is 21.8. The Kier molecular flexibility index (Phi) is 6.52. The third kappa shape index (κ3) is 4.47. The maximum absolute atomic E-state index is 6.85. The van der Waals surface area contributed by atoms with E-state index in [4.69, 9.17) is 8.83 Å². The van der Waals surface area contributed by atoms with E-state index in [-0.39, 0.29) is 17.7 Å². The van der Waals surface area contributed by atoms with Crippen molar-refractivity contribution in [3.8, 4) is 16.8 Å². The summed E-state index contributed by atoms with van der Waals surface area (Å²) in [5.41, 5.74) is 17.4. The van der Waals surface area contributed by atoms with Gasteiger partial charge in [0.1, 0.15) is 22.3 Å². The van der Waals surface area contributed by atoms with Crippen LogP contribution < -0.4 is 15.7 Å². The topological polar surface area (TPSA) is 34.5 Å². The number of nitrogens with zero attached hydrogens (tertiary/aromatic N) is 2. The van der Waals surface area contributed by atoms with Gasteiger partial charge in [-0.2, -0.15) is 0 Å². The van der Waals surface area contributed by atoms with E-state index in [0.717, 1.165) is 54.8 Å². The van der Waals surface area contributed by atoms with E-state index < -0.39 is 0 Å². The molecule has 0 saturated carbocycles. The molecule has 2 aliphatic rings. The number of fused-ring (bicyclic) bond motifs is 18. The lowest BCUT2D eigenvalue weighted by Crippen LogP contribution is -2.60. The molecular formula is C56H41BN2O2S. The first-order valence-corrected chi connectivity index (χ1v) is 22.6. The van der Waals surface area contributed by atoms with Gasteiger partial charge in [-0.3, -0.25) is 0 Å². The molecule has 0 amide bonds. The van der Waals surface area contributed by atoms with Crippen molar-refractivity contribution in [2.75, 3.05) is 4.81 Å². The predicted molar refractivity (Wildman–Crippen MR) is 265 cm³/mol. The molecule has 0 aliphatic carbocycles. The van der Waals surface area contributed by atoms with E-state index in [2.05, 4.69) is 190 Å². The van der Waals surface area contributed by atoms with Crippen LogP contribution >= 0.6 is 11.3 Å². The molecule has 2 aliphatic heterocycles. The number of rotatable bonds is 1. The van der Waals surface area contributed by atoms with E-state index in [0.29, 0.717) is 0 Å². The second-order valence-corrected chi connectivity index (χ2v) is 20.8. The first-order chi connectivity index (χ1) is 30.0. The van der Waals surface area contributed by atoms with E-state index in [9.17, 15) is 0 Å². The van der Waals surface area contributed by atoms with Crippen molar-refractivity contribution in [1.29, 1.82) is 0 Å². The molecule has 0 spiro atoms. The monoisotopic (exact) mass is 816 g/mol. The number of hydrogen-bond donors (Lipinski definition) is 0. The lowest BCUT2D eigenvalue weighted by atomic mass is 9.44. The zero-order chi connectivity index (χ0) is 41.6. The molecule has 14 rings (SSSR count). The number of benzene rings is 8. The maximum atomic E-state index is 6.85. The zero-order valence-corrected chi connectivity index (χ0v) is 36.3. The highest BCUT2D eigenvalue weighted by Crippen LogP contribution is 2.50. The lowest BCUT2D eigenvalue weighted by molar-refractivity contribution is 0.590. The highest BCUT2D eigenvalue weighted by molar-refractivity contribution is 7.25. The van der Waals surface area contributed by atoms with Crippen LogP contribution in [0.5, 0.6) is 0 Å². The number of aromatic nitrogens is 1. The number of furan rings is 2. The summed E-state index contributed by atoms with van der Waals surface area (Å²) in [5, 5.41) is 9.52. The second kappa shape index (κ2) is 11.6. The molecule has 0 unspecified atom stereocenters. The fourth-order valence-electron chi connectivity index (χ4n) is 11.0. The van der Waals surface area contributed by atoms with Gasteiger partial charge in [0.25, 0.3) is 0 Å². The number of para-hydroxylation sites is 2. The highest BCUT2D eigenvalue weighted by Gasteiger charge is 2.45. The van der Waals surface area contributed by atoms with Crippen molar-refractivity contribution in [1.82, 2.24) is 4.57 Å². The van der Waals surface area contributed by atoms with Crippen molar-refractivity contribution in [3.63, 3.8) is 0 Å². The third-order valence-corrected chi connectivity index (χ3v) is 15.2. The molecule has 0 bridgehead atoms. The van der Waals surface area contributed by atoms with Crippen molar-refractivity contribution in [2.24, 2.45) is 0 Å². The summed E-state index contributed by atoms with van der Waals surface area (Å²) >= 11 is 1.91. The summed E-state index contributed by atoms with van der Waals surface area (Å²) in [6, 6.07) is 52.4. The summed E-state index contributed by atoms with van der Waals surface area (Å²) in [5.74, 6) is 0. The molecule has 62 heavy (non-hydrogen) atoms. The Labute approximate surface area is 362 Å². The molecular weight excluding hydrogens is 776 g/mol. The maximum Gasteiger partial charge on any atom is 0.333 e. The predicted octanol–water partition coefficient (Wildman–Crippen LogP) is 14.8. The standard InChI is InChI=1S/C56H41BN2O2S/c1-55(2,3)30-15-18-32(19-16-30)59-44-29-50-41(35-20-17-31(56(4,5)6)25-49(35)62-50)26-39(44)36-21-22-38-51-43(24-23-37-33-11-7-10-14-47(33)61-54(37)51)58-45-27-40-34-12-8-9-13-46(34)60-48(40)28-42(45)57(59)52(36)53(38)58/h7-29H,1-6H3. The molecule has 0 radical (unpaired) electrons. The van der Waals surface area contributed by atoms with Crippen LogP contribution in [0.25, 0.3) is 103 Å². The van der Waals surface area contributed by atoms with Crippen LogP contribution in [0.4, 0.5) is 11.4 Å². The van der Waals surface area contributed by atoms with Gasteiger partial charge in [-0.1, -0.05) is 114 Å². The third-order valence-electron chi connectivity index (χ3n) is 14.1. The van der Waals surface area contributed by atoms with Gasteiger partial charge in [-0.05, 0) is 105 Å². The van der Waals surface area contributed by atoms with Gasteiger partial charge in [0.15, 0.2) is 0 Å². The number of hydrogen-bond acceptors (Lipinski definition) is 4. The Morgan fingerprint density at radius 3 is 1.95 bits per heavy atom. The molecule has 6 heterocycles. The average Bonchev–Trinajstić information content (AvgIpc) is 4.02. The van der Waals surface area contributed by atoms with E-state index in [1.54, 1.807) is 0 Å². The molecule has 0 atom stereocenters. The van der Waals surface area contributed by atoms with Gasteiger partial charge in [0.05, 0.1) is 16.4 Å². The second-order valence-electron chi connectivity index (χ2n) is 19.7. The minimum atomic E-state index is -0.142. The molecule has 0 saturated heterocycles. The number of thiophene rings is 1. The van der Waals surface area contributed by atoms with E-state index in [1.807, 2.05) is 11.3 Å². The van der Waals surface area contributed by atoms with Crippen LogP contribution in [0.15, 0.2) is 148 Å². The first kappa shape index (κ1) is 34.9. The van der Waals surface area contributed by atoms with Crippen molar-refractivity contribution < 1.29 is 8.83 Å². The lowest BCUT2D eigenvalue weighted by Gasteiger charge is -2.42. The molecule has 0 N–H and O–H groups in total. The zero-order valence-electron chi connectivity index (χ0n) is 35.5.